The second-order valence-corrected chi connectivity index (χ2v) is 7.02. The third-order valence-corrected chi connectivity index (χ3v) is 4.98. The number of fused-ring (bicyclic) bond motifs is 1. The van der Waals surface area contributed by atoms with Crippen molar-refractivity contribution in [2.75, 3.05) is 7.11 Å². The lowest BCUT2D eigenvalue weighted by Gasteiger charge is -2.11. The first-order valence-corrected chi connectivity index (χ1v) is 9.46. The van der Waals surface area contributed by atoms with Crippen LogP contribution in [0.1, 0.15) is 32.6 Å². The molecule has 29 heavy (non-hydrogen) atoms. The maximum absolute atomic E-state index is 12.8. The molecule has 1 aliphatic heterocycles. The van der Waals surface area contributed by atoms with Crippen molar-refractivity contribution >= 4 is 11.9 Å². The number of rotatable bonds is 5. The summed E-state index contributed by atoms with van der Waals surface area (Å²) in [6.45, 7) is 4.42. The number of carbonyl (C=O) groups is 1. The minimum absolute atomic E-state index is 0.140. The van der Waals surface area contributed by atoms with Crippen molar-refractivity contribution in [1.82, 2.24) is 0 Å². The monoisotopic (exact) mass is 386 g/mol. The van der Waals surface area contributed by atoms with Gasteiger partial charge in [0.25, 0.3) is 0 Å². The first kappa shape index (κ1) is 18.8. The average Bonchev–Trinajstić information content (AvgIpc) is 3.05. The summed E-state index contributed by atoms with van der Waals surface area (Å²) in [6.07, 6.45) is 1.72. The quantitative estimate of drug-likeness (QED) is 0.543. The minimum Gasteiger partial charge on any atom is -0.496 e. The van der Waals surface area contributed by atoms with E-state index in [1.807, 2.05) is 49.4 Å². The van der Waals surface area contributed by atoms with Crippen molar-refractivity contribution in [2.45, 2.75) is 20.5 Å². The summed E-state index contributed by atoms with van der Waals surface area (Å²) < 4.78 is 17.3. The normalized spacial score (nSPS) is 13.9. The van der Waals surface area contributed by atoms with E-state index in [1.165, 1.54) is 5.56 Å². The topological polar surface area (TPSA) is 44.8 Å². The lowest BCUT2D eigenvalue weighted by atomic mass is 10.1. The summed E-state index contributed by atoms with van der Waals surface area (Å²) in [5.74, 6) is 2.08. The lowest BCUT2D eigenvalue weighted by Crippen LogP contribution is -1.98. The summed E-state index contributed by atoms with van der Waals surface area (Å²) in [4.78, 5) is 12.8. The molecule has 0 saturated heterocycles. The molecule has 3 aromatic rings. The van der Waals surface area contributed by atoms with Crippen molar-refractivity contribution in [1.29, 1.82) is 0 Å². The Bertz CT molecular complexity index is 1090. The van der Waals surface area contributed by atoms with Crippen LogP contribution in [-0.4, -0.2) is 12.9 Å². The molecule has 0 N–H and O–H groups in total. The maximum atomic E-state index is 12.8. The molecule has 0 atom stereocenters. The van der Waals surface area contributed by atoms with Crippen LogP contribution in [0, 0.1) is 13.8 Å². The van der Waals surface area contributed by atoms with Gasteiger partial charge in [-0.3, -0.25) is 4.79 Å². The molecule has 3 aromatic carbocycles. The van der Waals surface area contributed by atoms with E-state index in [4.69, 9.17) is 14.2 Å². The van der Waals surface area contributed by atoms with Gasteiger partial charge >= 0.3 is 0 Å². The Morgan fingerprint density at radius 3 is 2.45 bits per heavy atom. The van der Waals surface area contributed by atoms with E-state index in [1.54, 1.807) is 19.3 Å². The molecular weight excluding hydrogens is 364 g/mol. The van der Waals surface area contributed by atoms with Crippen LogP contribution in [0.4, 0.5) is 0 Å². The second kappa shape index (κ2) is 7.84. The number of allylic oxidation sites excluding steroid dienone is 1. The Kier molecular flexibility index (Phi) is 5.09. The fourth-order valence-corrected chi connectivity index (χ4v) is 3.30. The number of para-hydroxylation sites is 1. The van der Waals surface area contributed by atoms with E-state index in [2.05, 4.69) is 19.1 Å². The van der Waals surface area contributed by atoms with E-state index >= 15 is 0 Å². The fourth-order valence-electron chi connectivity index (χ4n) is 3.30. The Morgan fingerprint density at radius 2 is 1.69 bits per heavy atom. The number of carbonyl (C=O) groups excluding carboxylic acids is 1. The SMILES string of the molecule is COc1ccccc1/C=C1\Oc2c(ccc(OCc3ccc(C)cc3)c2C)C1=O. The van der Waals surface area contributed by atoms with Crippen LogP contribution in [0.5, 0.6) is 17.2 Å². The van der Waals surface area contributed by atoms with E-state index in [0.717, 1.165) is 16.7 Å². The molecule has 4 nitrogen and oxygen atoms in total. The predicted molar refractivity (Wildman–Crippen MR) is 113 cm³/mol. The van der Waals surface area contributed by atoms with Gasteiger partial charge in [0.05, 0.1) is 12.7 Å². The standard InChI is InChI=1S/C25H22O4/c1-16-8-10-18(11-9-16)15-28-21-13-12-20-24(26)23(29-25(20)17(21)2)14-19-6-4-5-7-22(19)27-3/h4-14H,15H2,1-3H3/b23-14-. The molecule has 0 saturated carbocycles. The van der Waals surface area contributed by atoms with Gasteiger partial charge in [-0.05, 0) is 43.7 Å². The van der Waals surface area contributed by atoms with Crippen LogP contribution < -0.4 is 14.2 Å². The maximum Gasteiger partial charge on any atom is 0.231 e. The fraction of sp³-hybridized carbons (Fsp3) is 0.160. The second-order valence-electron chi connectivity index (χ2n) is 7.02. The van der Waals surface area contributed by atoms with E-state index < -0.39 is 0 Å². The van der Waals surface area contributed by atoms with Crippen LogP contribution in [0.3, 0.4) is 0 Å². The predicted octanol–water partition coefficient (Wildman–Crippen LogP) is 5.51. The Hall–Kier alpha value is -3.53. The number of ketones is 1. The first-order chi connectivity index (χ1) is 14.1. The van der Waals surface area contributed by atoms with Gasteiger partial charge in [-0.2, -0.15) is 0 Å². The zero-order valence-corrected chi connectivity index (χ0v) is 16.7. The van der Waals surface area contributed by atoms with Crippen molar-refractivity contribution in [3.63, 3.8) is 0 Å². The molecule has 146 valence electrons. The molecule has 0 aliphatic carbocycles. The average molecular weight is 386 g/mol. The zero-order valence-electron chi connectivity index (χ0n) is 16.7. The van der Waals surface area contributed by atoms with Gasteiger partial charge in [0.15, 0.2) is 5.76 Å². The molecule has 0 spiro atoms. The van der Waals surface area contributed by atoms with Gasteiger partial charge in [0.1, 0.15) is 23.9 Å². The van der Waals surface area contributed by atoms with E-state index in [0.29, 0.717) is 29.4 Å². The minimum atomic E-state index is -0.140. The van der Waals surface area contributed by atoms with Gasteiger partial charge in [-0.15, -0.1) is 0 Å². The first-order valence-electron chi connectivity index (χ1n) is 9.46. The van der Waals surface area contributed by atoms with Crippen molar-refractivity contribution < 1.29 is 19.0 Å². The number of aryl methyl sites for hydroxylation is 1. The molecular formula is C25H22O4. The Labute approximate surface area is 170 Å². The molecule has 0 radical (unpaired) electrons. The molecule has 0 unspecified atom stereocenters. The Balaban J connectivity index is 1.58. The number of hydrogen-bond acceptors (Lipinski definition) is 4. The zero-order chi connectivity index (χ0) is 20.4. The number of benzene rings is 3. The van der Waals surface area contributed by atoms with Gasteiger partial charge in [0, 0.05) is 11.1 Å². The molecule has 1 heterocycles. The molecule has 0 aromatic heterocycles. The summed E-state index contributed by atoms with van der Waals surface area (Å²) in [5, 5.41) is 0. The Morgan fingerprint density at radius 1 is 0.931 bits per heavy atom. The van der Waals surface area contributed by atoms with E-state index in [9.17, 15) is 4.79 Å². The smallest absolute Gasteiger partial charge is 0.231 e. The van der Waals surface area contributed by atoms with Crippen molar-refractivity contribution in [3.05, 3.63) is 94.2 Å². The van der Waals surface area contributed by atoms with Crippen LogP contribution in [0.2, 0.25) is 0 Å². The number of methoxy groups -OCH3 is 1. The molecule has 0 amide bonds. The van der Waals surface area contributed by atoms with Crippen LogP contribution >= 0.6 is 0 Å². The van der Waals surface area contributed by atoms with Crippen molar-refractivity contribution in [2.24, 2.45) is 0 Å². The summed E-state index contributed by atoms with van der Waals surface area (Å²) in [7, 11) is 1.60. The van der Waals surface area contributed by atoms with Crippen LogP contribution in [0.15, 0.2) is 66.4 Å². The summed E-state index contributed by atoms with van der Waals surface area (Å²) in [6, 6.07) is 19.3. The number of ether oxygens (including phenoxy) is 3. The lowest BCUT2D eigenvalue weighted by molar-refractivity contribution is 0.101. The third-order valence-electron chi connectivity index (χ3n) is 4.98. The summed E-state index contributed by atoms with van der Waals surface area (Å²) in [5.41, 5.74) is 4.45. The largest absolute Gasteiger partial charge is 0.496 e. The highest BCUT2D eigenvalue weighted by atomic mass is 16.5. The molecule has 4 heteroatoms. The highest BCUT2D eigenvalue weighted by Crippen LogP contribution is 2.40. The van der Waals surface area contributed by atoms with Gasteiger partial charge in [0.2, 0.25) is 5.78 Å². The third kappa shape index (κ3) is 3.74. The molecule has 0 fully saturated rings. The van der Waals surface area contributed by atoms with Crippen LogP contribution in [0.25, 0.3) is 6.08 Å². The highest BCUT2D eigenvalue weighted by Gasteiger charge is 2.30. The molecule has 4 rings (SSSR count). The van der Waals surface area contributed by atoms with E-state index in [-0.39, 0.29) is 11.5 Å². The highest BCUT2D eigenvalue weighted by molar-refractivity contribution is 6.15. The number of hydrogen-bond donors (Lipinski definition) is 0. The van der Waals surface area contributed by atoms with Gasteiger partial charge < -0.3 is 14.2 Å². The summed E-state index contributed by atoms with van der Waals surface area (Å²) >= 11 is 0. The van der Waals surface area contributed by atoms with Crippen molar-refractivity contribution in [3.8, 4) is 17.2 Å². The number of Topliss-reactive ketones (excluding diaryl/α,β-unsaturated/α-hetero) is 1. The van der Waals surface area contributed by atoms with Gasteiger partial charge in [-0.25, -0.2) is 0 Å². The van der Waals surface area contributed by atoms with Gasteiger partial charge in [-0.1, -0.05) is 48.0 Å². The molecule has 0 bridgehead atoms. The molecule has 1 aliphatic rings. The van der Waals surface area contributed by atoms with Crippen LogP contribution in [-0.2, 0) is 6.61 Å².